The molecule has 5 nitrogen and oxygen atoms in total. The zero-order valence-electron chi connectivity index (χ0n) is 9.82. The third-order valence-electron chi connectivity index (χ3n) is 2.71. The maximum atomic E-state index is 13.4. The zero-order valence-corrected chi connectivity index (χ0v) is 11.3. The first-order valence-corrected chi connectivity index (χ1v) is 6.24. The zero-order chi connectivity index (χ0) is 14.3. The van der Waals surface area contributed by atoms with Crippen molar-refractivity contribution in [2.45, 2.75) is 0 Å². The number of anilines is 3. The van der Waals surface area contributed by atoms with Gasteiger partial charge in [0, 0.05) is 5.69 Å². The van der Waals surface area contributed by atoms with Crippen molar-refractivity contribution in [3.05, 3.63) is 40.1 Å². The summed E-state index contributed by atoms with van der Waals surface area (Å²) in [4.78, 5) is 0. The molecule has 102 valence electrons. The van der Waals surface area contributed by atoms with Crippen LogP contribution < -0.4 is 11.1 Å². The lowest BCUT2D eigenvalue weighted by molar-refractivity contribution is 0.316. The second-order valence-corrected chi connectivity index (χ2v) is 4.86. The Morgan fingerprint density at radius 1 is 1.10 bits per heavy atom. The average molecular weight is 313 g/mol. The number of nitrogens with zero attached hydrogens (tertiary/aromatic N) is 2. The maximum Gasteiger partial charge on any atom is 0.160 e. The Hall–Kier alpha value is -2.05. The summed E-state index contributed by atoms with van der Waals surface area (Å²) in [6.45, 7) is 0. The Labute approximate surface area is 122 Å². The highest BCUT2D eigenvalue weighted by atomic mass is 35.5. The number of rotatable bonds is 2. The van der Waals surface area contributed by atoms with E-state index in [1.54, 1.807) is 12.1 Å². The van der Waals surface area contributed by atoms with Gasteiger partial charge in [0.05, 0.1) is 21.4 Å². The van der Waals surface area contributed by atoms with Gasteiger partial charge < -0.3 is 11.1 Å². The molecule has 0 atom stereocenters. The van der Waals surface area contributed by atoms with Crippen molar-refractivity contribution in [1.29, 1.82) is 0 Å². The Morgan fingerprint density at radius 3 is 2.45 bits per heavy atom. The first-order chi connectivity index (χ1) is 9.56. The Morgan fingerprint density at radius 2 is 1.75 bits per heavy atom. The van der Waals surface area contributed by atoms with Gasteiger partial charge in [-0.15, -0.1) is 0 Å². The van der Waals surface area contributed by atoms with Crippen LogP contribution in [0.3, 0.4) is 0 Å². The van der Waals surface area contributed by atoms with E-state index < -0.39 is 5.82 Å². The Kier molecular flexibility index (Phi) is 3.11. The molecule has 0 spiro atoms. The van der Waals surface area contributed by atoms with Gasteiger partial charge in [0.15, 0.2) is 16.9 Å². The number of nitrogens with one attached hydrogen (secondary N) is 1. The molecule has 3 rings (SSSR count). The molecule has 0 bridgehead atoms. The lowest BCUT2D eigenvalue weighted by Gasteiger charge is -2.08. The van der Waals surface area contributed by atoms with Gasteiger partial charge >= 0.3 is 0 Å². The third kappa shape index (κ3) is 2.13. The molecule has 0 radical (unpaired) electrons. The van der Waals surface area contributed by atoms with E-state index in [2.05, 4.69) is 20.3 Å². The molecule has 1 heterocycles. The number of nitrogen functional groups attached to an aromatic ring is 1. The number of nitrogens with two attached hydrogens (primary N) is 1. The highest BCUT2D eigenvalue weighted by Gasteiger charge is 2.12. The van der Waals surface area contributed by atoms with E-state index in [0.29, 0.717) is 28.1 Å². The van der Waals surface area contributed by atoms with Crippen LogP contribution in [-0.4, -0.2) is 10.3 Å². The Bertz CT molecular complexity index is 782. The van der Waals surface area contributed by atoms with Crippen molar-refractivity contribution in [2.75, 3.05) is 11.1 Å². The highest BCUT2D eigenvalue weighted by molar-refractivity contribution is 6.35. The summed E-state index contributed by atoms with van der Waals surface area (Å²) in [6.07, 6.45) is 0. The monoisotopic (exact) mass is 312 g/mol. The standard InChI is InChI=1S/C12H7Cl2FN4O/c13-6-3-5(4-7(14)10(6)15)17-9-2-1-8(16)11-12(9)19-20-18-11/h1-4,17H,16H2. The van der Waals surface area contributed by atoms with Crippen LogP contribution >= 0.6 is 23.2 Å². The fourth-order valence-electron chi connectivity index (χ4n) is 1.77. The summed E-state index contributed by atoms with van der Waals surface area (Å²) >= 11 is 11.5. The molecule has 0 fully saturated rings. The van der Waals surface area contributed by atoms with Crippen LogP contribution in [-0.2, 0) is 0 Å². The summed E-state index contributed by atoms with van der Waals surface area (Å²) in [5.41, 5.74) is 8.20. The molecule has 0 aliphatic heterocycles. The van der Waals surface area contributed by atoms with Crippen molar-refractivity contribution >= 4 is 51.3 Å². The highest BCUT2D eigenvalue weighted by Crippen LogP contribution is 2.32. The molecule has 20 heavy (non-hydrogen) atoms. The summed E-state index contributed by atoms with van der Waals surface area (Å²) in [5.74, 6) is -0.663. The molecule has 0 unspecified atom stereocenters. The molecule has 0 amide bonds. The predicted molar refractivity (Wildman–Crippen MR) is 75.9 cm³/mol. The van der Waals surface area contributed by atoms with E-state index in [0.717, 1.165) is 0 Å². The van der Waals surface area contributed by atoms with Gasteiger partial charge in [0.25, 0.3) is 0 Å². The van der Waals surface area contributed by atoms with Crippen LogP contribution in [0.4, 0.5) is 21.5 Å². The number of benzene rings is 2. The number of fused-ring (bicyclic) bond motifs is 1. The number of aromatic nitrogens is 2. The van der Waals surface area contributed by atoms with Gasteiger partial charge in [-0.3, -0.25) is 0 Å². The van der Waals surface area contributed by atoms with Crippen molar-refractivity contribution in [3.8, 4) is 0 Å². The summed E-state index contributed by atoms with van der Waals surface area (Å²) in [5, 5.41) is 10.3. The van der Waals surface area contributed by atoms with Crippen LogP contribution in [0.1, 0.15) is 0 Å². The van der Waals surface area contributed by atoms with E-state index in [4.69, 9.17) is 28.9 Å². The summed E-state index contributed by atoms with van der Waals surface area (Å²) in [6, 6.07) is 6.19. The number of hydrogen-bond acceptors (Lipinski definition) is 5. The van der Waals surface area contributed by atoms with Crippen LogP contribution in [0, 0.1) is 5.82 Å². The first kappa shape index (κ1) is 13.0. The first-order valence-electron chi connectivity index (χ1n) is 5.48. The molecule has 3 aromatic rings. The maximum absolute atomic E-state index is 13.4. The van der Waals surface area contributed by atoms with E-state index in [1.807, 2.05) is 0 Å². The normalized spacial score (nSPS) is 10.9. The minimum absolute atomic E-state index is 0.0787. The third-order valence-corrected chi connectivity index (χ3v) is 3.26. The van der Waals surface area contributed by atoms with Gasteiger partial charge in [-0.1, -0.05) is 23.2 Å². The van der Waals surface area contributed by atoms with Crippen LogP contribution in [0.5, 0.6) is 0 Å². The van der Waals surface area contributed by atoms with Crippen LogP contribution in [0.15, 0.2) is 28.9 Å². The number of halogens is 3. The van der Waals surface area contributed by atoms with Gasteiger partial charge in [0.1, 0.15) is 0 Å². The van der Waals surface area contributed by atoms with Crippen molar-refractivity contribution in [1.82, 2.24) is 10.3 Å². The lowest BCUT2D eigenvalue weighted by atomic mass is 10.2. The predicted octanol–water partition coefficient (Wildman–Crippen LogP) is 3.99. The minimum Gasteiger partial charge on any atom is -0.397 e. The fraction of sp³-hybridized carbons (Fsp3) is 0. The van der Waals surface area contributed by atoms with Crippen molar-refractivity contribution < 1.29 is 9.02 Å². The van der Waals surface area contributed by atoms with Gasteiger partial charge in [0.2, 0.25) is 0 Å². The molecular formula is C12H7Cl2FN4O. The summed E-state index contributed by atoms with van der Waals surface area (Å²) < 4.78 is 18.0. The molecule has 0 aliphatic rings. The second-order valence-electron chi connectivity index (χ2n) is 4.04. The lowest BCUT2D eigenvalue weighted by Crippen LogP contribution is -1.95. The Balaban J connectivity index is 2.06. The van der Waals surface area contributed by atoms with Crippen LogP contribution in [0.25, 0.3) is 11.0 Å². The molecule has 0 aliphatic carbocycles. The molecule has 3 N–H and O–H groups in total. The van der Waals surface area contributed by atoms with E-state index in [9.17, 15) is 4.39 Å². The minimum atomic E-state index is -0.663. The average Bonchev–Trinajstić information content (AvgIpc) is 2.89. The van der Waals surface area contributed by atoms with Gasteiger partial charge in [-0.2, -0.15) is 0 Å². The van der Waals surface area contributed by atoms with E-state index >= 15 is 0 Å². The van der Waals surface area contributed by atoms with E-state index in [-0.39, 0.29) is 10.0 Å². The van der Waals surface area contributed by atoms with Gasteiger partial charge in [-0.05, 0) is 34.6 Å². The van der Waals surface area contributed by atoms with Crippen LogP contribution in [0.2, 0.25) is 10.0 Å². The SMILES string of the molecule is Nc1ccc(Nc2cc(Cl)c(F)c(Cl)c2)c2nonc12. The molecule has 8 heteroatoms. The topological polar surface area (TPSA) is 77.0 Å². The number of hydrogen-bond donors (Lipinski definition) is 2. The molecular weight excluding hydrogens is 306 g/mol. The quantitative estimate of drug-likeness (QED) is 0.552. The van der Waals surface area contributed by atoms with Crippen molar-refractivity contribution in [2.24, 2.45) is 0 Å². The molecule has 1 aromatic heterocycles. The largest absolute Gasteiger partial charge is 0.397 e. The molecule has 2 aromatic carbocycles. The van der Waals surface area contributed by atoms with Gasteiger partial charge in [-0.25, -0.2) is 9.02 Å². The smallest absolute Gasteiger partial charge is 0.160 e. The second kappa shape index (κ2) is 4.81. The molecule has 0 saturated heterocycles. The van der Waals surface area contributed by atoms with Crippen molar-refractivity contribution in [3.63, 3.8) is 0 Å². The summed E-state index contributed by atoms with van der Waals surface area (Å²) in [7, 11) is 0. The molecule has 0 saturated carbocycles. The van der Waals surface area contributed by atoms with E-state index in [1.165, 1.54) is 12.1 Å². The fourth-order valence-corrected chi connectivity index (χ4v) is 2.26.